The zero-order valence-corrected chi connectivity index (χ0v) is 14.2. The zero-order chi connectivity index (χ0) is 19.6. The second-order valence-corrected chi connectivity index (χ2v) is 5.80. The molecular formula is C17H16F3N5O2. The van der Waals surface area contributed by atoms with Crippen molar-refractivity contribution in [2.45, 2.75) is 19.6 Å². The first-order chi connectivity index (χ1) is 12.8. The highest BCUT2D eigenvalue weighted by Gasteiger charge is 2.33. The van der Waals surface area contributed by atoms with E-state index in [-0.39, 0.29) is 30.2 Å². The number of aromatic nitrogens is 3. The summed E-state index contributed by atoms with van der Waals surface area (Å²) >= 11 is 0. The van der Waals surface area contributed by atoms with Gasteiger partial charge in [0.05, 0.1) is 12.1 Å². The molecule has 0 bridgehead atoms. The summed E-state index contributed by atoms with van der Waals surface area (Å²) < 4.78 is 42.4. The van der Waals surface area contributed by atoms with E-state index < -0.39 is 17.6 Å². The summed E-state index contributed by atoms with van der Waals surface area (Å²) in [6, 6.07) is 8.55. The lowest BCUT2D eigenvalue weighted by Gasteiger charge is -2.16. The Labute approximate surface area is 151 Å². The van der Waals surface area contributed by atoms with Crippen LogP contribution >= 0.6 is 0 Å². The molecule has 0 radical (unpaired) electrons. The summed E-state index contributed by atoms with van der Waals surface area (Å²) in [6.07, 6.45) is -3.03. The standard InChI is InChI=1S/C17H16F3N5O2/c1-11(26)22-12-5-6-14(13(10-12)17(18,19)20)21-7-9-25-16(27)24-8-3-2-4-15(24)23-25/h2-6,8,10,21H,7,9H2,1H3,(H,22,26). The molecule has 0 spiro atoms. The summed E-state index contributed by atoms with van der Waals surface area (Å²) in [4.78, 5) is 23.2. The van der Waals surface area contributed by atoms with Gasteiger partial charge in [0, 0.05) is 31.0 Å². The number of hydrogen-bond acceptors (Lipinski definition) is 4. The van der Waals surface area contributed by atoms with Crippen molar-refractivity contribution in [2.24, 2.45) is 0 Å². The van der Waals surface area contributed by atoms with Gasteiger partial charge in [0.2, 0.25) is 5.91 Å². The number of pyridine rings is 1. The Balaban J connectivity index is 1.77. The van der Waals surface area contributed by atoms with Crippen molar-refractivity contribution in [3.63, 3.8) is 0 Å². The Morgan fingerprint density at radius 3 is 2.67 bits per heavy atom. The predicted octanol–water partition coefficient (Wildman–Crippen LogP) is 2.59. The average Bonchev–Trinajstić information content (AvgIpc) is 2.91. The largest absolute Gasteiger partial charge is 0.418 e. The number of anilines is 2. The molecule has 1 amide bonds. The van der Waals surface area contributed by atoms with E-state index in [1.54, 1.807) is 24.4 Å². The topological polar surface area (TPSA) is 80.4 Å². The molecule has 2 heterocycles. The van der Waals surface area contributed by atoms with Crippen molar-refractivity contribution in [3.8, 4) is 0 Å². The molecule has 27 heavy (non-hydrogen) atoms. The minimum Gasteiger partial charge on any atom is -0.383 e. The Kier molecular flexibility index (Phi) is 4.89. The third-order valence-corrected chi connectivity index (χ3v) is 3.77. The predicted molar refractivity (Wildman–Crippen MR) is 93.7 cm³/mol. The fourth-order valence-electron chi connectivity index (χ4n) is 2.62. The Hall–Kier alpha value is -3.30. The lowest BCUT2D eigenvalue weighted by atomic mass is 10.1. The second kappa shape index (κ2) is 7.14. The van der Waals surface area contributed by atoms with Crippen LogP contribution in [0.25, 0.3) is 5.65 Å². The van der Waals surface area contributed by atoms with Crippen molar-refractivity contribution in [2.75, 3.05) is 17.2 Å². The van der Waals surface area contributed by atoms with E-state index in [2.05, 4.69) is 15.7 Å². The molecule has 0 aliphatic rings. The van der Waals surface area contributed by atoms with Gasteiger partial charge in [-0.3, -0.25) is 9.20 Å². The van der Waals surface area contributed by atoms with Crippen molar-refractivity contribution in [3.05, 3.63) is 58.6 Å². The average molecular weight is 379 g/mol. The molecule has 0 aliphatic carbocycles. The van der Waals surface area contributed by atoms with Gasteiger partial charge in [0.25, 0.3) is 0 Å². The number of nitrogens with one attached hydrogen (secondary N) is 2. The van der Waals surface area contributed by atoms with Crippen LogP contribution in [0.1, 0.15) is 12.5 Å². The molecule has 0 saturated carbocycles. The molecule has 0 unspecified atom stereocenters. The number of halogens is 3. The molecule has 0 aliphatic heterocycles. The summed E-state index contributed by atoms with van der Waals surface area (Å²) in [5.41, 5.74) is -0.913. The van der Waals surface area contributed by atoms with E-state index in [4.69, 9.17) is 0 Å². The monoisotopic (exact) mass is 379 g/mol. The number of fused-ring (bicyclic) bond motifs is 1. The second-order valence-electron chi connectivity index (χ2n) is 5.80. The molecular weight excluding hydrogens is 363 g/mol. The third-order valence-electron chi connectivity index (χ3n) is 3.77. The first kappa shape index (κ1) is 18.5. The van der Waals surface area contributed by atoms with Gasteiger partial charge in [-0.05, 0) is 30.3 Å². The van der Waals surface area contributed by atoms with Crippen LogP contribution in [0.2, 0.25) is 0 Å². The number of benzene rings is 1. The molecule has 10 heteroatoms. The van der Waals surface area contributed by atoms with Gasteiger partial charge in [0.1, 0.15) is 0 Å². The quantitative estimate of drug-likeness (QED) is 0.714. The molecule has 2 aromatic heterocycles. The number of hydrogen-bond donors (Lipinski definition) is 2. The van der Waals surface area contributed by atoms with E-state index in [1.165, 1.54) is 28.1 Å². The number of rotatable bonds is 5. The van der Waals surface area contributed by atoms with Crippen LogP contribution in [0.15, 0.2) is 47.4 Å². The van der Waals surface area contributed by atoms with Crippen molar-refractivity contribution in [1.29, 1.82) is 0 Å². The highest BCUT2D eigenvalue weighted by Crippen LogP contribution is 2.36. The third kappa shape index (κ3) is 4.10. The summed E-state index contributed by atoms with van der Waals surface area (Å²) in [7, 11) is 0. The zero-order valence-electron chi connectivity index (χ0n) is 14.2. The first-order valence-corrected chi connectivity index (χ1v) is 8.02. The van der Waals surface area contributed by atoms with Crippen LogP contribution in [0.5, 0.6) is 0 Å². The van der Waals surface area contributed by atoms with E-state index in [1.807, 2.05) is 0 Å². The van der Waals surface area contributed by atoms with Gasteiger partial charge >= 0.3 is 11.9 Å². The normalized spacial score (nSPS) is 11.6. The van der Waals surface area contributed by atoms with Crippen molar-refractivity contribution >= 4 is 22.9 Å². The molecule has 7 nitrogen and oxygen atoms in total. The molecule has 3 rings (SSSR count). The fourth-order valence-corrected chi connectivity index (χ4v) is 2.62. The highest BCUT2D eigenvalue weighted by atomic mass is 19.4. The Morgan fingerprint density at radius 1 is 1.22 bits per heavy atom. The molecule has 0 atom stereocenters. The van der Waals surface area contributed by atoms with Crippen LogP contribution in [0.4, 0.5) is 24.5 Å². The van der Waals surface area contributed by atoms with Crippen LogP contribution < -0.4 is 16.3 Å². The Bertz CT molecular complexity index is 1040. The lowest BCUT2D eigenvalue weighted by molar-refractivity contribution is -0.137. The minimum atomic E-state index is -4.60. The van der Waals surface area contributed by atoms with E-state index in [0.29, 0.717) is 5.65 Å². The molecule has 2 N–H and O–H groups in total. The SMILES string of the molecule is CC(=O)Nc1ccc(NCCn2nc3ccccn3c2=O)c(C(F)(F)F)c1. The van der Waals surface area contributed by atoms with Gasteiger partial charge in [-0.15, -0.1) is 5.10 Å². The van der Waals surface area contributed by atoms with Gasteiger partial charge in [-0.25, -0.2) is 9.48 Å². The molecule has 0 saturated heterocycles. The Morgan fingerprint density at radius 2 is 2.00 bits per heavy atom. The number of carbonyl (C=O) groups excluding carboxylic acids is 1. The fraction of sp³-hybridized carbons (Fsp3) is 0.235. The summed E-state index contributed by atoms with van der Waals surface area (Å²) in [5, 5.41) is 9.12. The van der Waals surface area contributed by atoms with Crippen LogP contribution in [-0.4, -0.2) is 26.6 Å². The molecule has 3 aromatic rings. The van der Waals surface area contributed by atoms with E-state index >= 15 is 0 Å². The highest BCUT2D eigenvalue weighted by molar-refractivity contribution is 5.89. The van der Waals surface area contributed by atoms with Crippen LogP contribution in [0.3, 0.4) is 0 Å². The summed E-state index contributed by atoms with van der Waals surface area (Å²) in [5.74, 6) is -0.463. The van der Waals surface area contributed by atoms with Gasteiger partial charge in [-0.2, -0.15) is 13.2 Å². The maximum atomic E-state index is 13.3. The number of alkyl halides is 3. The van der Waals surface area contributed by atoms with Crippen molar-refractivity contribution < 1.29 is 18.0 Å². The van der Waals surface area contributed by atoms with Gasteiger partial charge < -0.3 is 10.6 Å². The molecule has 0 fully saturated rings. The minimum absolute atomic E-state index is 0.0527. The van der Waals surface area contributed by atoms with Crippen LogP contribution in [0, 0.1) is 0 Å². The van der Waals surface area contributed by atoms with Gasteiger partial charge in [-0.1, -0.05) is 6.07 Å². The van der Waals surface area contributed by atoms with Crippen LogP contribution in [-0.2, 0) is 17.5 Å². The van der Waals surface area contributed by atoms with E-state index in [9.17, 15) is 22.8 Å². The molecule has 1 aromatic carbocycles. The van der Waals surface area contributed by atoms with E-state index in [0.717, 1.165) is 6.07 Å². The summed E-state index contributed by atoms with van der Waals surface area (Å²) in [6.45, 7) is 1.36. The number of carbonyl (C=O) groups is 1. The van der Waals surface area contributed by atoms with Crippen molar-refractivity contribution in [1.82, 2.24) is 14.2 Å². The lowest BCUT2D eigenvalue weighted by Crippen LogP contribution is -2.25. The smallest absolute Gasteiger partial charge is 0.383 e. The number of amides is 1. The van der Waals surface area contributed by atoms with Gasteiger partial charge in [0.15, 0.2) is 5.65 Å². The first-order valence-electron chi connectivity index (χ1n) is 8.02. The number of nitrogens with zero attached hydrogens (tertiary/aromatic N) is 3. The maximum Gasteiger partial charge on any atom is 0.418 e. The maximum absolute atomic E-state index is 13.3. The molecule has 142 valence electrons.